The summed E-state index contributed by atoms with van der Waals surface area (Å²) in [6.07, 6.45) is 1.81. The van der Waals surface area contributed by atoms with Gasteiger partial charge in [0.2, 0.25) is 0 Å². The van der Waals surface area contributed by atoms with Crippen molar-refractivity contribution in [1.29, 1.82) is 0 Å². The Morgan fingerprint density at radius 1 is 1.50 bits per heavy atom. The molecule has 1 unspecified atom stereocenters. The number of hydrogen-bond donors (Lipinski definition) is 1. The van der Waals surface area contributed by atoms with Crippen molar-refractivity contribution >= 4 is 15.9 Å². The molecule has 2 aromatic rings. The second-order valence-electron chi connectivity index (χ2n) is 4.53. The van der Waals surface area contributed by atoms with Gasteiger partial charge >= 0.3 is 0 Å². The van der Waals surface area contributed by atoms with Gasteiger partial charge in [0.15, 0.2) is 0 Å². The maximum Gasteiger partial charge on any atom is 0.127 e. The first-order chi connectivity index (χ1) is 9.67. The van der Waals surface area contributed by atoms with Crippen molar-refractivity contribution in [2.24, 2.45) is 0 Å². The molecule has 0 aliphatic heterocycles. The fourth-order valence-corrected chi connectivity index (χ4v) is 2.68. The molecule has 20 heavy (non-hydrogen) atoms. The molecular weight excluding hydrogens is 322 g/mol. The van der Waals surface area contributed by atoms with Crippen molar-refractivity contribution in [3.63, 3.8) is 0 Å². The summed E-state index contributed by atoms with van der Waals surface area (Å²) in [5.41, 5.74) is 1.05. The predicted octanol–water partition coefficient (Wildman–Crippen LogP) is 2.89. The smallest absolute Gasteiger partial charge is 0.127 e. The highest BCUT2D eigenvalue weighted by Gasteiger charge is 2.23. The second-order valence-corrected chi connectivity index (χ2v) is 5.39. The molecule has 0 aliphatic rings. The first-order valence-corrected chi connectivity index (χ1v) is 7.46. The van der Waals surface area contributed by atoms with Gasteiger partial charge in [0.25, 0.3) is 0 Å². The minimum absolute atomic E-state index is 0.0255. The maximum absolute atomic E-state index is 5.78. The number of furan rings is 1. The largest absolute Gasteiger partial charge is 0.464 e. The quantitative estimate of drug-likeness (QED) is 0.841. The molecule has 6 heteroatoms. The van der Waals surface area contributed by atoms with Gasteiger partial charge < -0.3 is 14.5 Å². The van der Waals surface area contributed by atoms with Crippen LogP contribution in [0.1, 0.15) is 30.2 Å². The van der Waals surface area contributed by atoms with Crippen molar-refractivity contribution in [3.8, 4) is 0 Å². The molecule has 110 valence electrons. The van der Waals surface area contributed by atoms with Gasteiger partial charge in [0.1, 0.15) is 17.6 Å². The molecule has 2 heterocycles. The Morgan fingerprint density at radius 3 is 2.90 bits per heavy atom. The molecule has 0 bridgehead atoms. The van der Waals surface area contributed by atoms with Crippen LogP contribution in [0.3, 0.4) is 0 Å². The van der Waals surface area contributed by atoms with Gasteiger partial charge in [-0.2, -0.15) is 5.10 Å². The number of aromatic nitrogens is 2. The number of methoxy groups -OCH3 is 1. The highest BCUT2D eigenvalue weighted by Crippen LogP contribution is 2.29. The monoisotopic (exact) mass is 341 g/mol. The molecule has 2 aromatic heterocycles. The number of hydrogen-bond acceptors (Lipinski definition) is 4. The van der Waals surface area contributed by atoms with Gasteiger partial charge in [-0.05, 0) is 41.5 Å². The van der Waals surface area contributed by atoms with Crippen molar-refractivity contribution in [1.82, 2.24) is 15.1 Å². The van der Waals surface area contributed by atoms with E-state index in [-0.39, 0.29) is 6.04 Å². The third-order valence-corrected chi connectivity index (χ3v) is 3.68. The molecule has 0 saturated carbocycles. The topological polar surface area (TPSA) is 52.2 Å². The Hall–Kier alpha value is -1.11. The first kappa shape index (κ1) is 15.3. The summed E-state index contributed by atoms with van der Waals surface area (Å²) in [6, 6.07) is 3.95. The molecule has 0 spiro atoms. The van der Waals surface area contributed by atoms with Gasteiger partial charge in [-0.1, -0.05) is 6.92 Å². The third kappa shape index (κ3) is 3.31. The summed E-state index contributed by atoms with van der Waals surface area (Å²) < 4.78 is 13.8. The zero-order chi connectivity index (χ0) is 14.5. The number of aryl methyl sites for hydroxylation is 1. The fourth-order valence-electron chi connectivity index (χ4n) is 2.16. The highest BCUT2D eigenvalue weighted by atomic mass is 79.9. The summed E-state index contributed by atoms with van der Waals surface area (Å²) in [6.45, 7) is 6.19. The van der Waals surface area contributed by atoms with Crippen LogP contribution >= 0.6 is 15.9 Å². The molecule has 1 N–H and O–H groups in total. The van der Waals surface area contributed by atoms with Crippen LogP contribution in [-0.2, 0) is 11.3 Å². The van der Waals surface area contributed by atoms with Crippen LogP contribution in [0.15, 0.2) is 27.2 Å². The molecule has 0 radical (unpaired) electrons. The Kier molecular flexibility index (Phi) is 5.39. The van der Waals surface area contributed by atoms with Gasteiger partial charge in [-0.3, -0.25) is 4.68 Å². The summed E-state index contributed by atoms with van der Waals surface area (Å²) in [7, 11) is 1.69. The van der Waals surface area contributed by atoms with Crippen LogP contribution in [0.25, 0.3) is 0 Å². The molecule has 0 fully saturated rings. The van der Waals surface area contributed by atoms with Crippen LogP contribution in [0.4, 0.5) is 0 Å². The maximum atomic E-state index is 5.78. The van der Waals surface area contributed by atoms with Crippen molar-refractivity contribution < 1.29 is 9.15 Å². The first-order valence-electron chi connectivity index (χ1n) is 6.67. The highest BCUT2D eigenvalue weighted by molar-refractivity contribution is 9.10. The molecule has 0 aliphatic carbocycles. The molecule has 2 rings (SSSR count). The van der Waals surface area contributed by atoms with E-state index in [1.807, 2.05) is 29.9 Å². The normalized spacial score (nSPS) is 12.8. The molecule has 1 atom stereocenters. The van der Waals surface area contributed by atoms with Gasteiger partial charge in [-0.15, -0.1) is 0 Å². The van der Waals surface area contributed by atoms with E-state index in [0.29, 0.717) is 13.2 Å². The lowest BCUT2D eigenvalue weighted by Crippen LogP contribution is -2.25. The van der Waals surface area contributed by atoms with E-state index >= 15 is 0 Å². The second kappa shape index (κ2) is 7.06. The summed E-state index contributed by atoms with van der Waals surface area (Å²) >= 11 is 3.58. The van der Waals surface area contributed by atoms with Gasteiger partial charge in [0, 0.05) is 7.11 Å². The average Bonchev–Trinajstić information content (AvgIpc) is 3.01. The fraction of sp³-hybridized carbons (Fsp3) is 0.500. The van der Waals surface area contributed by atoms with E-state index < -0.39 is 0 Å². The van der Waals surface area contributed by atoms with Crippen LogP contribution in [-0.4, -0.2) is 30.0 Å². The number of halogens is 1. The third-order valence-electron chi connectivity index (χ3n) is 3.07. The summed E-state index contributed by atoms with van der Waals surface area (Å²) in [5.74, 6) is 1.80. The van der Waals surface area contributed by atoms with Gasteiger partial charge in [0.05, 0.1) is 29.5 Å². The molecule has 5 nitrogen and oxygen atoms in total. The Morgan fingerprint density at radius 2 is 2.30 bits per heavy atom. The van der Waals surface area contributed by atoms with E-state index in [9.17, 15) is 0 Å². The molecule has 0 aromatic carbocycles. The standard InChI is InChI=1S/C14H20BrN3O2/c1-4-16-13(12-6-5-10(2)20-12)14-11(15)9-17-18(14)7-8-19-3/h5-6,9,13,16H,4,7-8H2,1-3H3. The minimum atomic E-state index is -0.0255. The molecular formula is C14H20BrN3O2. The Bertz CT molecular complexity index is 550. The zero-order valence-electron chi connectivity index (χ0n) is 12.0. The average molecular weight is 342 g/mol. The van der Waals surface area contributed by atoms with E-state index in [4.69, 9.17) is 9.15 Å². The van der Waals surface area contributed by atoms with Crippen molar-refractivity contribution in [2.75, 3.05) is 20.3 Å². The number of nitrogens with zero attached hydrogens (tertiary/aromatic N) is 2. The predicted molar refractivity (Wildman–Crippen MR) is 80.8 cm³/mol. The van der Waals surface area contributed by atoms with Gasteiger partial charge in [-0.25, -0.2) is 0 Å². The Balaban J connectivity index is 2.35. The van der Waals surface area contributed by atoms with Crippen molar-refractivity contribution in [3.05, 3.63) is 40.0 Å². The van der Waals surface area contributed by atoms with E-state index in [1.165, 1.54) is 0 Å². The summed E-state index contributed by atoms with van der Waals surface area (Å²) in [4.78, 5) is 0. The Labute approximate surface area is 127 Å². The lowest BCUT2D eigenvalue weighted by molar-refractivity contribution is 0.181. The minimum Gasteiger partial charge on any atom is -0.464 e. The van der Waals surface area contributed by atoms with Crippen LogP contribution in [0.5, 0.6) is 0 Å². The van der Waals surface area contributed by atoms with E-state index in [1.54, 1.807) is 7.11 Å². The zero-order valence-corrected chi connectivity index (χ0v) is 13.6. The lowest BCUT2D eigenvalue weighted by atomic mass is 10.1. The SMILES string of the molecule is CCNC(c1ccc(C)o1)c1c(Br)cnn1CCOC. The van der Waals surface area contributed by atoms with E-state index in [2.05, 4.69) is 33.3 Å². The van der Waals surface area contributed by atoms with Crippen LogP contribution in [0, 0.1) is 6.92 Å². The van der Waals surface area contributed by atoms with Crippen LogP contribution in [0.2, 0.25) is 0 Å². The molecule has 0 saturated heterocycles. The number of ether oxygens (including phenoxy) is 1. The number of rotatable bonds is 7. The summed E-state index contributed by atoms with van der Waals surface area (Å²) in [5, 5.41) is 7.84. The lowest BCUT2D eigenvalue weighted by Gasteiger charge is -2.18. The van der Waals surface area contributed by atoms with E-state index in [0.717, 1.165) is 28.2 Å². The van der Waals surface area contributed by atoms with Crippen molar-refractivity contribution in [2.45, 2.75) is 26.4 Å². The number of nitrogens with one attached hydrogen (secondary N) is 1. The van der Waals surface area contributed by atoms with Crippen LogP contribution < -0.4 is 5.32 Å². The molecule has 0 amide bonds.